The van der Waals surface area contributed by atoms with Gasteiger partial charge >= 0.3 is 11.9 Å². The highest BCUT2D eigenvalue weighted by Crippen LogP contribution is 2.50. The van der Waals surface area contributed by atoms with Crippen LogP contribution in [0.4, 0.5) is 0 Å². The summed E-state index contributed by atoms with van der Waals surface area (Å²) in [5.74, 6) is -0.792. The van der Waals surface area contributed by atoms with Crippen molar-refractivity contribution in [1.29, 1.82) is 0 Å². The second-order valence-electron chi connectivity index (χ2n) is 11.2. The average molecular weight is 557 g/mol. The second kappa shape index (κ2) is 12.4. The maximum absolute atomic E-state index is 11.5. The van der Waals surface area contributed by atoms with Crippen molar-refractivity contribution in [1.82, 2.24) is 0 Å². The molecule has 1 aliphatic carbocycles. The Morgan fingerprint density at radius 3 is 1.79 bits per heavy atom. The van der Waals surface area contributed by atoms with E-state index in [9.17, 15) is 9.59 Å². The second-order valence-corrected chi connectivity index (χ2v) is 11.2. The van der Waals surface area contributed by atoms with E-state index < -0.39 is 5.97 Å². The van der Waals surface area contributed by atoms with Crippen LogP contribution in [-0.4, -0.2) is 18.5 Å². The summed E-state index contributed by atoms with van der Waals surface area (Å²) in [4.78, 5) is 22.7. The Labute approximate surface area is 248 Å². The molecule has 0 aliphatic heterocycles. The zero-order valence-corrected chi connectivity index (χ0v) is 24.3. The van der Waals surface area contributed by atoms with Gasteiger partial charge in [-0.05, 0) is 93.1 Å². The minimum atomic E-state index is -0.424. The van der Waals surface area contributed by atoms with Gasteiger partial charge in [0.1, 0.15) is 6.61 Å². The van der Waals surface area contributed by atoms with Crippen LogP contribution in [0.25, 0.3) is 33.4 Å². The number of rotatable bonds is 11. The fourth-order valence-electron chi connectivity index (χ4n) is 5.72. The molecule has 5 rings (SSSR count). The van der Waals surface area contributed by atoms with Crippen molar-refractivity contribution in [3.05, 3.63) is 132 Å². The molecule has 4 nitrogen and oxygen atoms in total. The van der Waals surface area contributed by atoms with Crippen molar-refractivity contribution in [3.8, 4) is 33.4 Å². The molecule has 0 amide bonds. The van der Waals surface area contributed by atoms with Gasteiger partial charge in [-0.25, -0.2) is 9.59 Å². The van der Waals surface area contributed by atoms with E-state index in [2.05, 4.69) is 99.8 Å². The molecule has 0 N–H and O–H groups in total. The maximum Gasteiger partial charge on any atom is 0.330 e. The Kier molecular flexibility index (Phi) is 8.53. The van der Waals surface area contributed by atoms with Gasteiger partial charge in [-0.3, -0.25) is 0 Å². The summed E-state index contributed by atoms with van der Waals surface area (Å²) in [5.41, 5.74) is 11.9. The summed E-state index contributed by atoms with van der Waals surface area (Å²) >= 11 is 0. The number of fused-ring (bicyclic) bond motifs is 3. The SMILES string of the molecule is C=CC(=O)OCCCCc1cccc(-c2ccc3c(c2)C(C)(C)c2cc(-c4cccc(COC(=O)C=C)c4)ccc2-3)c1. The molecule has 0 saturated heterocycles. The first-order chi connectivity index (χ1) is 20.3. The van der Waals surface area contributed by atoms with Gasteiger partial charge in [-0.2, -0.15) is 0 Å². The highest BCUT2D eigenvalue weighted by Gasteiger charge is 2.35. The predicted octanol–water partition coefficient (Wildman–Crippen LogP) is 8.61. The lowest BCUT2D eigenvalue weighted by Gasteiger charge is -2.23. The van der Waals surface area contributed by atoms with Gasteiger partial charge < -0.3 is 9.47 Å². The number of ether oxygens (including phenoxy) is 2. The molecule has 0 radical (unpaired) electrons. The third-order valence-corrected chi connectivity index (χ3v) is 8.02. The van der Waals surface area contributed by atoms with E-state index >= 15 is 0 Å². The molecule has 1 aliphatic rings. The number of unbranched alkanes of at least 4 members (excludes halogenated alkanes) is 1. The highest BCUT2D eigenvalue weighted by molar-refractivity contribution is 5.86. The predicted molar refractivity (Wildman–Crippen MR) is 169 cm³/mol. The normalized spacial score (nSPS) is 12.6. The Morgan fingerprint density at radius 2 is 1.19 bits per heavy atom. The van der Waals surface area contributed by atoms with Crippen LogP contribution in [0.3, 0.4) is 0 Å². The lowest BCUT2D eigenvalue weighted by molar-refractivity contribution is -0.139. The Hall–Kier alpha value is -4.70. The molecule has 0 atom stereocenters. The number of carbonyl (C=O) groups is 2. The fraction of sp³-hybridized carbons (Fsp3) is 0.211. The van der Waals surface area contributed by atoms with Gasteiger partial charge in [0.05, 0.1) is 6.61 Å². The first-order valence-electron chi connectivity index (χ1n) is 14.4. The first kappa shape index (κ1) is 28.8. The number of carbonyl (C=O) groups excluding carboxylic acids is 2. The molecule has 0 aromatic heterocycles. The molecule has 42 heavy (non-hydrogen) atoms. The summed E-state index contributed by atoms with van der Waals surface area (Å²) in [6, 6.07) is 30.4. The monoisotopic (exact) mass is 556 g/mol. The van der Waals surface area contributed by atoms with E-state index in [1.54, 1.807) is 0 Å². The molecule has 0 heterocycles. The molecule has 4 aromatic rings. The van der Waals surface area contributed by atoms with Gasteiger partial charge in [0.2, 0.25) is 0 Å². The van der Waals surface area contributed by atoms with E-state index in [0.29, 0.717) is 6.61 Å². The molecule has 0 saturated carbocycles. The number of aryl methyl sites for hydroxylation is 1. The highest BCUT2D eigenvalue weighted by atomic mass is 16.5. The molecular formula is C38H36O4. The lowest BCUT2D eigenvalue weighted by Crippen LogP contribution is -2.15. The van der Waals surface area contributed by atoms with Gasteiger partial charge in [0.15, 0.2) is 0 Å². The molecular weight excluding hydrogens is 520 g/mol. The molecule has 0 spiro atoms. The Balaban J connectivity index is 1.35. The molecule has 212 valence electrons. The number of benzene rings is 4. The first-order valence-corrected chi connectivity index (χ1v) is 14.4. The minimum Gasteiger partial charge on any atom is -0.463 e. The van der Waals surface area contributed by atoms with Crippen molar-refractivity contribution in [3.63, 3.8) is 0 Å². The van der Waals surface area contributed by atoms with E-state index in [4.69, 9.17) is 9.47 Å². The number of hydrogen-bond acceptors (Lipinski definition) is 4. The van der Waals surface area contributed by atoms with Gasteiger partial charge in [0.25, 0.3) is 0 Å². The van der Waals surface area contributed by atoms with E-state index in [1.807, 2.05) is 12.1 Å². The number of hydrogen-bond donors (Lipinski definition) is 0. The van der Waals surface area contributed by atoms with Crippen molar-refractivity contribution in [2.45, 2.75) is 45.1 Å². The Bertz CT molecular complexity index is 1660. The van der Waals surface area contributed by atoms with Crippen molar-refractivity contribution in [2.75, 3.05) is 6.61 Å². The van der Waals surface area contributed by atoms with E-state index in [0.717, 1.165) is 36.0 Å². The van der Waals surface area contributed by atoms with Crippen LogP contribution in [0.2, 0.25) is 0 Å². The molecule has 0 unspecified atom stereocenters. The third-order valence-electron chi connectivity index (χ3n) is 8.02. The third kappa shape index (κ3) is 6.13. The standard InChI is InChI=1S/C38H36O4/c1-5-36(39)41-20-8-7-11-26-12-9-14-28(21-26)30-16-18-32-33-19-17-31(24-35(33)38(3,4)34(32)23-30)29-15-10-13-27(22-29)25-42-37(40)6-2/h5-6,9-10,12-19,21-24H,1-2,7-8,11,20,25H2,3-4H3. The largest absolute Gasteiger partial charge is 0.463 e. The van der Waals surface area contributed by atoms with E-state index in [1.165, 1.54) is 51.1 Å². The molecule has 0 bridgehead atoms. The lowest BCUT2D eigenvalue weighted by atomic mass is 9.80. The molecule has 0 fully saturated rings. The van der Waals surface area contributed by atoms with Crippen LogP contribution < -0.4 is 0 Å². The minimum absolute atomic E-state index is 0.158. The van der Waals surface area contributed by atoms with Gasteiger partial charge in [0, 0.05) is 17.6 Å². The van der Waals surface area contributed by atoms with Crippen LogP contribution in [0.15, 0.2) is 110 Å². The van der Waals surface area contributed by atoms with E-state index in [-0.39, 0.29) is 18.0 Å². The van der Waals surface area contributed by atoms with Gasteiger partial charge in [-0.1, -0.05) is 93.7 Å². The topological polar surface area (TPSA) is 52.6 Å². The smallest absolute Gasteiger partial charge is 0.330 e. The zero-order valence-electron chi connectivity index (χ0n) is 24.3. The molecule has 4 heteroatoms. The summed E-state index contributed by atoms with van der Waals surface area (Å²) < 4.78 is 10.3. The van der Waals surface area contributed by atoms with Crippen LogP contribution in [0, 0.1) is 0 Å². The maximum atomic E-state index is 11.5. The number of esters is 2. The van der Waals surface area contributed by atoms with Crippen molar-refractivity contribution < 1.29 is 19.1 Å². The summed E-state index contributed by atoms with van der Waals surface area (Å²) in [7, 11) is 0. The van der Waals surface area contributed by atoms with Crippen molar-refractivity contribution in [2.24, 2.45) is 0 Å². The fourth-order valence-corrected chi connectivity index (χ4v) is 5.72. The van der Waals surface area contributed by atoms with Crippen molar-refractivity contribution >= 4 is 11.9 Å². The zero-order chi connectivity index (χ0) is 29.7. The Morgan fingerprint density at radius 1 is 0.667 bits per heavy atom. The average Bonchev–Trinajstić information content (AvgIpc) is 3.25. The van der Waals surface area contributed by atoms with Crippen LogP contribution in [-0.2, 0) is 37.5 Å². The summed E-state index contributed by atoms with van der Waals surface area (Å²) in [6.45, 7) is 12.1. The van der Waals surface area contributed by atoms with Crippen LogP contribution in [0.1, 0.15) is 48.9 Å². The van der Waals surface area contributed by atoms with Crippen LogP contribution in [0.5, 0.6) is 0 Å². The van der Waals surface area contributed by atoms with Gasteiger partial charge in [-0.15, -0.1) is 0 Å². The summed E-state index contributed by atoms with van der Waals surface area (Å²) in [6.07, 6.45) is 5.09. The summed E-state index contributed by atoms with van der Waals surface area (Å²) in [5, 5.41) is 0. The molecule has 4 aromatic carbocycles. The van der Waals surface area contributed by atoms with Crippen LogP contribution >= 0.6 is 0 Å². The quantitative estimate of drug-likeness (QED) is 0.105.